The molecule has 0 spiro atoms. The van der Waals surface area contributed by atoms with Gasteiger partial charge in [0.25, 0.3) is 0 Å². The Hall–Kier alpha value is -4.05. The minimum atomic E-state index is -4.93. The molecule has 0 bridgehead atoms. The maximum absolute atomic E-state index is 12.9. The molecule has 0 saturated heterocycles. The highest BCUT2D eigenvalue weighted by Crippen LogP contribution is 2.45. The Morgan fingerprint density at radius 2 is 0.582 bits per heavy atom. The number of hydrogen-bond donors (Lipinski definition) is 4. The van der Waals surface area contributed by atoms with E-state index in [1.807, 2.05) is 0 Å². The maximum Gasteiger partial charge on any atom is 0.472 e. The molecule has 4 N–H and O–H groups in total. The molecule has 0 aliphatic rings. The second kappa shape index (κ2) is 66.0. The summed E-state index contributed by atoms with van der Waals surface area (Å²) in [5, 5.41) is 20.5. The fourth-order valence-electron chi connectivity index (χ4n) is 8.92. The zero-order chi connectivity index (χ0) is 66.7. The molecule has 0 rings (SSSR count). The number of hydrogen-bond acceptors (Lipinski definition) is 14. The van der Waals surface area contributed by atoms with E-state index in [4.69, 9.17) is 32.3 Å². The van der Waals surface area contributed by atoms with Crippen LogP contribution in [0.1, 0.15) is 265 Å². The summed E-state index contributed by atoms with van der Waals surface area (Å²) in [5.41, 5.74) is 0. The quantitative estimate of drug-likeness (QED) is 0.0146. The Kier molecular flexibility index (Phi) is 63.1. The minimum Gasteiger partial charge on any atom is -0.463 e. The van der Waals surface area contributed by atoms with E-state index in [2.05, 4.69) is 142 Å². The van der Waals surface area contributed by atoms with Crippen molar-refractivity contribution >= 4 is 33.6 Å². The number of carbonyl (C=O) groups excluding carboxylic acids is 3. The highest BCUT2D eigenvalue weighted by atomic mass is 31.2. The first kappa shape index (κ1) is 87.0. The lowest BCUT2D eigenvalue weighted by molar-refractivity contribution is -0.161. The fourth-order valence-corrected chi connectivity index (χ4v) is 10.5. The van der Waals surface area contributed by atoms with Crippen LogP contribution in [-0.2, 0) is 55.8 Å². The van der Waals surface area contributed by atoms with E-state index in [-0.39, 0.29) is 19.3 Å². The number of ether oxygens (including phenoxy) is 3. The minimum absolute atomic E-state index is 0.101. The molecule has 16 nitrogen and oxygen atoms in total. The molecule has 0 radical (unpaired) electrons. The van der Waals surface area contributed by atoms with E-state index in [1.54, 1.807) is 0 Å². The van der Waals surface area contributed by atoms with Crippen LogP contribution in [0.3, 0.4) is 0 Å². The molecule has 0 aromatic rings. The summed E-state index contributed by atoms with van der Waals surface area (Å²) in [6.07, 6.45) is 75.3. The van der Waals surface area contributed by atoms with Crippen molar-refractivity contribution in [2.45, 2.75) is 283 Å². The number of rotatable bonds is 65. The van der Waals surface area contributed by atoms with E-state index in [9.17, 15) is 43.5 Å². The van der Waals surface area contributed by atoms with Crippen LogP contribution in [0.15, 0.2) is 122 Å². The number of carbonyl (C=O) groups is 3. The molecule has 91 heavy (non-hydrogen) atoms. The maximum atomic E-state index is 12.9. The molecule has 0 aromatic heterocycles. The molecule has 5 unspecified atom stereocenters. The molecule has 0 saturated carbocycles. The Morgan fingerprint density at radius 3 is 0.923 bits per heavy atom. The lowest BCUT2D eigenvalue weighted by Gasteiger charge is -2.21. The molecule has 522 valence electrons. The topological polar surface area (TPSA) is 231 Å². The zero-order valence-electron chi connectivity index (χ0n) is 56.5. The second-order valence-electron chi connectivity index (χ2n) is 22.9. The van der Waals surface area contributed by atoms with E-state index < -0.39 is 91.5 Å². The molecular formula is C73H124O16P2. The predicted octanol–water partition coefficient (Wildman–Crippen LogP) is 19.4. The van der Waals surface area contributed by atoms with Crippen LogP contribution in [0.25, 0.3) is 0 Å². The third-order valence-corrected chi connectivity index (χ3v) is 16.1. The summed E-state index contributed by atoms with van der Waals surface area (Å²) in [4.78, 5) is 58.4. The lowest BCUT2D eigenvalue weighted by atomic mass is 10.0. The highest BCUT2D eigenvalue weighted by Gasteiger charge is 2.29. The number of aliphatic hydroxyl groups excluding tert-OH is 2. The second-order valence-corrected chi connectivity index (χ2v) is 25.8. The van der Waals surface area contributed by atoms with Crippen LogP contribution in [0, 0.1) is 0 Å². The molecule has 0 aromatic carbocycles. The van der Waals surface area contributed by atoms with Gasteiger partial charge in [-0.05, 0) is 109 Å². The Bertz CT molecular complexity index is 2140. The molecule has 5 atom stereocenters. The van der Waals surface area contributed by atoms with E-state index >= 15 is 0 Å². The van der Waals surface area contributed by atoms with Crippen molar-refractivity contribution in [2.75, 3.05) is 39.6 Å². The number of unbranched alkanes of at least 4 members (excludes halogenated alkanes) is 22. The average molecular weight is 1320 g/mol. The van der Waals surface area contributed by atoms with Crippen molar-refractivity contribution in [2.24, 2.45) is 0 Å². The number of aliphatic hydroxyl groups is 2. The van der Waals surface area contributed by atoms with Crippen molar-refractivity contribution in [1.82, 2.24) is 0 Å². The highest BCUT2D eigenvalue weighted by molar-refractivity contribution is 7.47. The van der Waals surface area contributed by atoms with Gasteiger partial charge in [-0.15, -0.1) is 0 Å². The molecule has 0 amide bonds. The normalized spacial score (nSPS) is 14.9. The zero-order valence-corrected chi connectivity index (χ0v) is 58.3. The van der Waals surface area contributed by atoms with Crippen LogP contribution in [0.5, 0.6) is 0 Å². The number of allylic oxidation sites excluding steroid dienone is 20. The van der Waals surface area contributed by atoms with E-state index in [1.165, 1.54) is 51.4 Å². The van der Waals surface area contributed by atoms with Crippen molar-refractivity contribution in [3.63, 3.8) is 0 Å². The Morgan fingerprint density at radius 1 is 0.319 bits per heavy atom. The molecule has 0 heterocycles. The summed E-state index contributed by atoms with van der Waals surface area (Å²) < 4.78 is 60.9. The van der Waals surface area contributed by atoms with Gasteiger partial charge in [-0.1, -0.05) is 258 Å². The summed E-state index contributed by atoms with van der Waals surface area (Å²) >= 11 is 0. The van der Waals surface area contributed by atoms with Crippen molar-refractivity contribution < 1.29 is 75.8 Å². The lowest BCUT2D eigenvalue weighted by Crippen LogP contribution is -2.30. The SMILES string of the molecule is CC/C=C\C/C=C\C/C=C\C/C=C\C/C=C\C/C=C\CCCCCCC(=O)OCC(O)COP(=O)(O)OCC(O)COP(=O)(O)OCC(COC(=O)CCCCCCCC/C=C\C/C=C\C/C=C\C/C=C\CC)OC(=O)CCCCCCCCCCCCCCC. The van der Waals surface area contributed by atoms with Crippen LogP contribution in [-0.4, -0.2) is 95.9 Å². The van der Waals surface area contributed by atoms with Gasteiger partial charge in [0, 0.05) is 19.3 Å². The first-order valence-corrected chi connectivity index (χ1v) is 37.8. The standard InChI is InChI=1S/C73H124O16P2/c1-4-7-10-13-16-19-22-25-27-29-31-32-33-34-36-38-39-42-44-47-50-53-56-59-71(76)83-62-68(74)63-85-90(79,80)86-64-69(75)65-87-91(81,82)88-67-70(89-73(78)61-58-55-52-49-46-41-24-21-18-15-12-9-6-3)66-84-72(77)60-57-54-51-48-45-43-40-37-35-30-28-26-23-20-17-14-11-8-5-2/h7-8,10-11,16-17,19-20,25-28,31-32,34-37,39,42,68-70,74-75H,4-6,9,12-15,18,21-24,29-30,33,38,40-41,43-67H2,1-3H3,(H,79,80)(H,81,82)/b10-7-,11-8-,19-16-,20-17-,27-25-,28-26-,32-31-,36-34-,37-35-,42-39-. The molecular weight excluding hydrogens is 1190 g/mol. The average Bonchev–Trinajstić information content (AvgIpc) is 3.74. The summed E-state index contributed by atoms with van der Waals surface area (Å²) in [5.74, 6) is -1.61. The summed E-state index contributed by atoms with van der Waals surface area (Å²) in [6.45, 7) is 2.39. The smallest absolute Gasteiger partial charge is 0.463 e. The molecule has 18 heteroatoms. The van der Waals surface area contributed by atoms with Gasteiger partial charge in [0.2, 0.25) is 0 Å². The van der Waals surface area contributed by atoms with Gasteiger partial charge in [0.1, 0.15) is 25.4 Å². The van der Waals surface area contributed by atoms with Gasteiger partial charge in [-0.3, -0.25) is 32.5 Å². The molecule has 0 aliphatic carbocycles. The molecule has 0 fully saturated rings. The monoisotopic (exact) mass is 1320 g/mol. The van der Waals surface area contributed by atoms with Gasteiger partial charge >= 0.3 is 33.6 Å². The van der Waals surface area contributed by atoms with Gasteiger partial charge in [-0.2, -0.15) is 0 Å². The third-order valence-electron chi connectivity index (χ3n) is 14.2. The van der Waals surface area contributed by atoms with Crippen LogP contribution in [0.4, 0.5) is 0 Å². The van der Waals surface area contributed by atoms with Crippen LogP contribution in [0.2, 0.25) is 0 Å². The predicted molar refractivity (Wildman–Crippen MR) is 371 cm³/mol. The van der Waals surface area contributed by atoms with E-state index in [0.29, 0.717) is 19.3 Å². The van der Waals surface area contributed by atoms with E-state index in [0.717, 1.165) is 154 Å². The fraction of sp³-hybridized carbons (Fsp3) is 0.685. The third kappa shape index (κ3) is 67.2. The first-order chi connectivity index (χ1) is 44.2. The van der Waals surface area contributed by atoms with Crippen LogP contribution < -0.4 is 0 Å². The Labute approximate surface area is 551 Å². The number of phosphoric ester groups is 2. The van der Waals surface area contributed by atoms with Gasteiger partial charge in [0.15, 0.2) is 6.10 Å². The van der Waals surface area contributed by atoms with Gasteiger partial charge in [-0.25, -0.2) is 9.13 Å². The number of phosphoric acid groups is 2. The molecule has 0 aliphatic heterocycles. The summed E-state index contributed by atoms with van der Waals surface area (Å²) in [6, 6.07) is 0. The van der Waals surface area contributed by atoms with Crippen LogP contribution >= 0.6 is 15.6 Å². The Balaban J connectivity index is 4.64. The van der Waals surface area contributed by atoms with Gasteiger partial charge in [0.05, 0.1) is 26.4 Å². The van der Waals surface area contributed by atoms with Crippen molar-refractivity contribution in [3.05, 3.63) is 122 Å². The largest absolute Gasteiger partial charge is 0.472 e. The van der Waals surface area contributed by atoms with Gasteiger partial charge < -0.3 is 34.2 Å². The van der Waals surface area contributed by atoms with Crippen molar-refractivity contribution in [3.8, 4) is 0 Å². The summed E-state index contributed by atoms with van der Waals surface area (Å²) in [7, 11) is -9.79. The number of esters is 3. The van der Waals surface area contributed by atoms with Crippen molar-refractivity contribution in [1.29, 1.82) is 0 Å². The first-order valence-electron chi connectivity index (χ1n) is 34.8.